The van der Waals surface area contributed by atoms with Crippen LogP contribution in [0.2, 0.25) is 0 Å². The number of benzene rings is 1. The molecule has 1 unspecified atom stereocenters. The highest BCUT2D eigenvalue weighted by Crippen LogP contribution is 2.37. The Morgan fingerprint density at radius 1 is 1.24 bits per heavy atom. The van der Waals surface area contributed by atoms with Crippen LogP contribution < -0.4 is 0 Å². The van der Waals surface area contributed by atoms with Gasteiger partial charge in [0.1, 0.15) is 0 Å². The van der Waals surface area contributed by atoms with E-state index >= 15 is 0 Å². The van der Waals surface area contributed by atoms with E-state index in [9.17, 15) is 4.79 Å². The van der Waals surface area contributed by atoms with E-state index in [4.69, 9.17) is 4.98 Å². The zero-order chi connectivity index (χ0) is 17.2. The molecule has 0 bridgehead atoms. The van der Waals surface area contributed by atoms with E-state index in [1.165, 1.54) is 40.8 Å². The molecule has 1 aromatic heterocycles. The van der Waals surface area contributed by atoms with Crippen LogP contribution in [0.4, 0.5) is 0 Å². The van der Waals surface area contributed by atoms with Crippen LogP contribution in [-0.4, -0.2) is 34.1 Å². The van der Waals surface area contributed by atoms with Gasteiger partial charge in [-0.25, -0.2) is 0 Å². The first-order valence-electron chi connectivity index (χ1n) is 9.60. The number of pyridine rings is 1. The van der Waals surface area contributed by atoms with Crippen molar-refractivity contribution in [1.82, 2.24) is 9.88 Å². The Kier molecular flexibility index (Phi) is 4.98. The molecule has 1 fully saturated rings. The van der Waals surface area contributed by atoms with Gasteiger partial charge in [0, 0.05) is 28.6 Å². The van der Waals surface area contributed by atoms with Crippen molar-refractivity contribution in [3.05, 3.63) is 35.5 Å². The molecule has 3 nitrogen and oxygen atoms in total. The van der Waals surface area contributed by atoms with E-state index in [2.05, 4.69) is 36.1 Å². The summed E-state index contributed by atoms with van der Waals surface area (Å²) < 4.78 is 0. The number of fused-ring (bicyclic) bond motifs is 2. The lowest BCUT2D eigenvalue weighted by Crippen LogP contribution is -2.44. The number of rotatable bonds is 4. The van der Waals surface area contributed by atoms with Crippen LogP contribution in [0.3, 0.4) is 0 Å². The minimum Gasteiger partial charge on any atom is -0.339 e. The number of aryl methyl sites for hydroxylation is 1. The zero-order valence-electron chi connectivity index (χ0n) is 15.0. The predicted molar refractivity (Wildman–Crippen MR) is 104 cm³/mol. The number of likely N-dealkylation sites (tertiary alicyclic amines) is 1. The lowest BCUT2D eigenvalue weighted by atomic mass is 10.0. The maximum absolute atomic E-state index is 12.9. The van der Waals surface area contributed by atoms with Crippen LogP contribution in [0.5, 0.6) is 0 Å². The fourth-order valence-electron chi connectivity index (χ4n) is 4.30. The van der Waals surface area contributed by atoms with Gasteiger partial charge < -0.3 is 4.90 Å². The molecule has 4 rings (SSSR count). The van der Waals surface area contributed by atoms with Crippen LogP contribution in [-0.2, 0) is 17.6 Å². The Labute approximate surface area is 154 Å². The number of nitrogens with zero attached hydrogens (tertiary/aromatic N) is 2. The van der Waals surface area contributed by atoms with Crippen molar-refractivity contribution in [2.45, 2.75) is 62.8 Å². The first-order valence-corrected chi connectivity index (χ1v) is 10.6. The van der Waals surface area contributed by atoms with Crippen LogP contribution >= 0.6 is 11.8 Å². The van der Waals surface area contributed by atoms with Gasteiger partial charge in [0.25, 0.3) is 0 Å². The van der Waals surface area contributed by atoms with Crippen molar-refractivity contribution >= 4 is 28.6 Å². The predicted octanol–water partition coefficient (Wildman–Crippen LogP) is 4.61. The Bertz CT molecular complexity index is 789. The Morgan fingerprint density at radius 2 is 2.12 bits per heavy atom. The summed E-state index contributed by atoms with van der Waals surface area (Å²) in [6.07, 6.45) is 8.02. The van der Waals surface area contributed by atoms with Gasteiger partial charge in [-0.1, -0.05) is 25.1 Å². The maximum atomic E-state index is 12.9. The van der Waals surface area contributed by atoms with Gasteiger partial charge in [0.05, 0.1) is 11.3 Å². The molecule has 132 valence electrons. The average molecular weight is 355 g/mol. The highest BCUT2D eigenvalue weighted by atomic mass is 32.2. The summed E-state index contributed by atoms with van der Waals surface area (Å²) in [6, 6.07) is 8.83. The Morgan fingerprint density at radius 3 is 3.00 bits per heavy atom. The summed E-state index contributed by atoms with van der Waals surface area (Å²) >= 11 is 1.74. The smallest absolute Gasteiger partial charge is 0.233 e. The van der Waals surface area contributed by atoms with E-state index in [0.29, 0.717) is 17.7 Å². The lowest BCUT2D eigenvalue weighted by molar-refractivity contribution is -0.132. The molecule has 2 heterocycles. The van der Waals surface area contributed by atoms with E-state index < -0.39 is 0 Å². The third kappa shape index (κ3) is 3.29. The third-order valence-corrected chi connectivity index (χ3v) is 6.77. The molecular weight excluding hydrogens is 328 g/mol. The molecular formula is C21H26N2OS. The SMILES string of the molecule is CCC1CCCCN1C(=O)CSc1c2c(nc3ccccc13)CCC2. The second kappa shape index (κ2) is 7.36. The minimum atomic E-state index is 0.309. The van der Waals surface area contributed by atoms with E-state index in [-0.39, 0.29) is 0 Å². The third-order valence-electron chi connectivity index (χ3n) is 5.63. The van der Waals surface area contributed by atoms with Gasteiger partial charge in [-0.2, -0.15) is 0 Å². The van der Waals surface area contributed by atoms with Gasteiger partial charge in [-0.05, 0) is 56.6 Å². The molecule has 0 N–H and O–H groups in total. The molecule has 0 radical (unpaired) electrons. The number of hydrogen-bond donors (Lipinski definition) is 0. The molecule has 1 aliphatic carbocycles. The van der Waals surface area contributed by atoms with E-state index in [1.807, 2.05) is 0 Å². The summed E-state index contributed by atoms with van der Waals surface area (Å²) in [5.41, 5.74) is 3.71. The van der Waals surface area contributed by atoms with Crippen LogP contribution in [0.1, 0.15) is 50.3 Å². The number of para-hydroxylation sites is 1. The summed E-state index contributed by atoms with van der Waals surface area (Å²) in [4.78, 5) is 21.2. The summed E-state index contributed by atoms with van der Waals surface area (Å²) in [6.45, 7) is 3.14. The Hall–Kier alpha value is -1.55. The molecule has 1 aromatic carbocycles. The monoisotopic (exact) mass is 354 g/mol. The molecule has 2 aromatic rings. The van der Waals surface area contributed by atoms with Gasteiger partial charge in [-0.15, -0.1) is 11.8 Å². The van der Waals surface area contributed by atoms with Crippen molar-refractivity contribution < 1.29 is 4.79 Å². The first-order chi connectivity index (χ1) is 12.3. The first kappa shape index (κ1) is 16.9. The molecule has 1 saturated heterocycles. The highest BCUT2D eigenvalue weighted by Gasteiger charge is 2.26. The van der Waals surface area contributed by atoms with Crippen molar-refractivity contribution in [3.63, 3.8) is 0 Å². The zero-order valence-corrected chi connectivity index (χ0v) is 15.8. The van der Waals surface area contributed by atoms with Crippen LogP contribution in [0.25, 0.3) is 10.9 Å². The number of amides is 1. The highest BCUT2D eigenvalue weighted by molar-refractivity contribution is 8.00. The molecule has 0 saturated carbocycles. The molecule has 1 amide bonds. The number of carbonyl (C=O) groups is 1. The number of thioether (sulfide) groups is 1. The van der Waals surface area contributed by atoms with Gasteiger partial charge in [0.15, 0.2) is 0 Å². The van der Waals surface area contributed by atoms with Crippen molar-refractivity contribution in [1.29, 1.82) is 0 Å². The summed E-state index contributed by atoms with van der Waals surface area (Å²) in [5.74, 6) is 0.862. The van der Waals surface area contributed by atoms with Crippen LogP contribution in [0, 0.1) is 0 Å². The van der Waals surface area contributed by atoms with Gasteiger partial charge in [0.2, 0.25) is 5.91 Å². The molecule has 1 aliphatic heterocycles. The van der Waals surface area contributed by atoms with E-state index in [1.54, 1.807) is 11.8 Å². The second-order valence-electron chi connectivity index (χ2n) is 7.17. The minimum absolute atomic E-state index is 0.309. The molecule has 1 atom stereocenters. The fraction of sp³-hybridized carbons (Fsp3) is 0.524. The topological polar surface area (TPSA) is 33.2 Å². The second-order valence-corrected chi connectivity index (χ2v) is 8.16. The molecule has 2 aliphatic rings. The normalized spacial score (nSPS) is 20.0. The number of hydrogen-bond acceptors (Lipinski definition) is 3. The van der Waals surface area contributed by atoms with E-state index in [0.717, 1.165) is 37.7 Å². The van der Waals surface area contributed by atoms with Crippen molar-refractivity contribution in [3.8, 4) is 0 Å². The molecule has 0 spiro atoms. The lowest BCUT2D eigenvalue weighted by Gasteiger charge is -2.35. The van der Waals surface area contributed by atoms with Gasteiger partial charge in [-0.3, -0.25) is 9.78 Å². The molecule has 25 heavy (non-hydrogen) atoms. The summed E-state index contributed by atoms with van der Waals surface area (Å²) in [5, 5.41) is 1.21. The quantitative estimate of drug-likeness (QED) is 0.752. The number of carbonyl (C=O) groups excluding carboxylic acids is 1. The summed E-state index contributed by atoms with van der Waals surface area (Å²) in [7, 11) is 0. The fourth-order valence-corrected chi connectivity index (χ4v) is 5.46. The molecule has 4 heteroatoms. The van der Waals surface area contributed by atoms with Crippen molar-refractivity contribution in [2.75, 3.05) is 12.3 Å². The number of aromatic nitrogens is 1. The Balaban J connectivity index is 1.58. The van der Waals surface area contributed by atoms with Gasteiger partial charge >= 0.3 is 0 Å². The number of piperidine rings is 1. The van der Waals surface area contributed by atoms with Crippen LogP contribution in [0.15, 0.2) is 29.2 Å². The van der Waals surface area contributed by atoms with Crippen molar-refractivity contribution in [2.24, 2.45) is 0 Å². The standard InChI is InChI=1S/C21H26N2OS/c1-2-15-8-5-6-13-23(15)20(24)14-25-21-16-9-3-4-11-18(16)22-19-12-7-10-17(19)21/h3-4,9,11,15H,2,5-8,10,12-14H2,1H3. The largest absolute Gasteiger partial charge is 0.339 e. The average Bonchev–Trinajstić information content (AvgIpc) is 3.13. The maximum Gasteiger partial charge on any atom is 0.233 e.